The molecule has 0 spiro atoms. The molecule has 0 unspecified atom stereocenters. The Labute approximate surface area is 174 Å². The van der Waals surface area contributed by atoms with Gasteiger partial charge in [0.05, 0.1) is 6.04 Å². The number of benzene rings is 2. The van der Waals surface area contributed by atoms with Crippen LogP contribution < -0.4 is 5.32 Å². The second kappa shape index (κ2) is 7.16. The summed E-state index contributed by atoms with van der Waals surface area (Å²) in [6.07, 6.45) is 0. The van der Waals surface area contributed by atoms with Gasteiger partial charge in [-0.25, -0.2) is 0 Å². The quantitative estimate of drug-likeness (QED) is 0.703. The predicted molar refractivity (Wildman–Crippen MR) is 115 cm³/mol. The van der Waals surface area contributed by atoms with E-state index in [1.165, 1.54) is 16.0 Å². The third-order valence-corrected chi connectivity index (χ3v) is 7.13. The molecule has 2 aromatic carbocycles. The molecule has 146 valence electrons. The molecule has 2 amide bonds. The second-order valence-electron chi connectivity index (χ2n) is 7.83. The van der Waals surface area contributed by atoms with E-state index in [9.17, 15) is 9.59 Å². The zero-order chi connectivity index (χ0) is 20.0. The van der Waals surface area contributed by atoms with E-state index >= 15 is 0 Å². The SMILES string of the molecule is CC(=O)N1C[C@@H]2[C@H](NC(=O)c3ccc(-c4cccs4)cc3)c3ccccc3[C@@H]2C1. The van der Waals surface area contributed by atoms with Gasteiger partial charge in [0.15, 0.2) is 0 Å². The molecule has 3 atom stereocenters. The Morgan fingerprint density at radius 3 is 2.41 bits per heavy atom. The van der Waals surface area contributed by atoms with Crippen LogP contribution in [0.5, 0.6) is 0 Å². The van der Waals surface area contributed by atoms with E-state index < -0.39 is 0 Å². The maximum absolute atomic E-state index is 13.0. The third-order valence-electron chi connectivity index (χ3n) is 6.21. The van der Waals surface area contributed by atoms with Gasteiger partial charge in [0.25, 0.3) is 5.91 Å². The van der Waals surface area contributed by atoms with E-state index in [0.29, 0.717) is 18.0 Å². The van der Waals surface area contributed by atoms with Crippen molar-refractivity contribution in [3.8, 4) is 10.4 Å². The van der Waals surface area contributed by atoms with Crippen molar-refractivity contribution in [2.24, 2.45) is 5.92 Å². The van der Waals surface area contributed by atoms with Gasteiger partial charge in [0.2, 0.25) is 5.91 Å². The molecule has 1 N–H and O–H groups in total. The number of rotatable bonds is 3. The van der Waals surface area contributed by atoms with Crippen LogP contribution in [-0.2, 0) is 4.79 Å². The number of nitrogens with one attached hydrogen (secondary N) is 1. The number of thiophene rings is 1. The Kier molecular flexibility index (Phi) is 4.47. The molecule has 4 nitrogen and oxygen atoms in total. The lowest BCUT2D eigenvalue weighted by Crippen LogP contribution is -2.34. The van der Waals surface area contributed by atoms with Crippen molar-refractivity contribution in [1.29, 1.82) is 0 Å². The molecule has 2 heterocycles. The van der Waals surface area contributed by atoms with Crippen LogP contribution in [0, 0.1) is 5.92 Å². The fourth-order valence-electron chi connectivity index (χ4n) is 4.75. The fourth-order valence-corrected chi connectivity index (χ4v) is 5.49. The number of carbonyl (C=O) groups excluding carboxylic acids is 2. The molecule has 29 heavy (non-hydrogen) atoms. The molecule has 1 fully saturated rings. The molecule has 3 aromatic rings. The van der Waals surface area contributed by atoms with E-state index in [1.54, 1.807) is 18.3 Å². The standard InChI is InChI=1S/C24H22N2O2S/c1-15(27)26-13-20-18-5-2-3-6-19(18)23(21(20)14-26)25-24(28)17-10-8-16(9-11-17)22-7-4-12-29-22/h2-12,20-21,23H,13-14H2,1H3,(H,25,28)/t20-,21-,23+/m0/s1. The first kappa shape index (κ1) is 18.1. The molecule has 5 rings (SSSR count). The lowest BCUT2D eigenvalue weighted by Gasteiger charge is -2.22. The number of amides is 2. The molecule has 1 aromatic heterocycles. The molecule has 1 aliphatic heterocycles. The van der Waals surface area contributed by atoms with E-state index in [2.05, 4.69) is 28.9 Å². The van der Waals surface area contributed by atoms with E-state index in [-0.39, 0.29) is 23.8 Å². The zero-order valence-electron chi connectivity index (χ0n) is 16.2. The largest absolute Gasteiger partial charge is 0.345 e. The summed E-state index contributed by atoms with van der Waals surface area (Å²) in [7, 11) is 0. The minimum absolute atomic E-state index is 0.0648. The van der Waals surface area contributed by atoms with Crippen LogP contribution in [0.2, 0.25) is 0 Å². The summed E-state index contributed by atoms with van der Waals surface area (Å²) in [5.74, 6) is 0.558. The Morgan fingerprint density at radius 1 is 0.966 bits per heavy atom. The van der Waals surface area contributed by atoms with Gasteiger partial charge in [0.1, 0.15) is 0 Å². The second-order valence-corrected chi connectivity index (χ2v) is 8.78. The van der Waals surface area contributed by atoms with Crippen molar-refractivity contribution < 1.29 is 9.59 Å². The van der Waals surface area contributed by atoms with Gasteiger partial charge in [-0.1, -0.05) is 42.5 Å². The summed E-state index contributed by atoms with van der Waals surface area (Å²) in [5.41, 5.74) is 4.23. The number of fused-ring (bicyclic) bond motifs is 3. The highest BCUT2D eigenvalue weighted by Crippen LogP contribution is 2.49. The average Bonchev–Trinajstić information content (AvgIpc) is 3.46. The fraction of sp³-hybridized carbons (Fsp3) is 0.250. The van der Waals surface area contributed by atoms with Crippen molar-refractivity contribution in [2.75, 3.05) is 13.1 Å². The monoisotopic (exact) mass is 402 g/mol. The summed E-state index contributed by atoms with van der Waals surface area (Å²) >= 11 is 1.69. The van der Waals surface area contributed by atoms with Crippen LogP contribution in [0.25, 0.3) is 10.4 Å². The van der Waals surface area contributed by atoms with Crippen LogP contribution in [-0.4, -0.2) is 29.8 Å². The van der Waals surface area contributed by atoms with Crippen LogP contribution in [0.3, 0.4) is 0 Å². The Balaban J connectivity index is 1.39. The highest BCUT2D eigenvalue weighted by Gasteiger charge is 2.47. The normalized spacial score (nSPS) is 22.2. The Hall–Kier alpha value is -2.92. The molecule has 2 aliphatic rings. The molecule has 5 heteroatoms. The maximum Gasteiger partial charge on any atom is 0.251 e. The lowest BCUT2D eigenvalue weighted by molar-refractivity contribution is -0.128. The molecule has 1 saturated heterocycles. The van der Waals surface area contributed by atoms with Crippen molar-refractivity contribution in [3.05, 3.63) is 82.7 Å². The van der Waals surface area contributed by atoms with Crippen molar-refractivity contribution >= 4 is 23.2 Å². The summed E-state index contributed by atoms with van der Waals surface area (Å²) < 4.78 is 0. The van der Waals surface area contributed by atoms with Crippen LogP contribution in [0.4, 0.5) is 0 Å². The highest BCUT2D eigenvalue weighted by molar-refractivity contribution is 7.13. The first-order valence-electron chi connectivity index (χ1n) is 9.91. The Bertz CT molecular complexity index is 1060. The summed E-state index contributed by atoms with van der Waals surface area (Å²) in [6, 6.07) is 20.1. The molecule has 0 radical (unpaired) electrons. The minimum atomic E-state index is -0.0653. The van der Waals surface area contributed by atoms with Crippen molar-refractivity contribution in [3.63, 3.8) is 0 Å². The Morgan fingerprint density at radius 2 is 1.72 bits per heavy atom. The number of carbonyl (C=O) groups is 2. The number of hydrogen-bond acceptors (Lipinski definition) is 3. The summed E-state index contributed by atoms with van der Waals surface area (Å²) in [5, 5.41) is 5.31. The number of likely N-dealkylation sites (tertiary alicyclic amines) is 1. The zero-order valence-corrected chi connectivity index (χ0v) is 17.0. The molecule has 1 aliphatic carbocycles. The number of nitrogens with zero attached hydrogens (tertiary/aromatic N) is 1. The predicted octanol–water partition coefficient (Wildman–Crippen LogP) is 4.46. The van der Waals surface area contributed by atoms with Crippen molar-refractivity contribution in [2.45, 2.75) is 18.9 Å². The van der Waals surface area contributed by atoms with Crippen LogP contribution in [0.15, 0.2) is 66.0 Å². The number of hydrogen-bond donors (Lipinski definition) is 1. The summed E-state index contributed by atoms with van der Waals surface area (Å²) in [4.78, 5) is 28.0. The van der Waals surface area contributed by atoms with Crippen LogP contribution in [0.1, 0.15) is 40.4 Å². The first-order chi connectivity index (χ1) is 14.1. The van der Waals surface area contributed by atoms with Gasteiger partial charge < -0.3 is 10.2 Å². The highest BCUT2D eigenvalue weighted by atomic mass is 32.1. The van der Waals surface area contributed by atoms with Gasteiger partial charge in [-0.15, -0.1) is 11.3 Å². The first-order valence-corrected chi connectivity index (χ1v) is 10.8. The van der Waals surface area contributed by atoms with Gasteiger partial charge in [-0.05, 0) is 40.3 Å². The van der Waals surface area contributed by atoms with Gasteiger partial charge in [0, 0.05) is 42.3 Å². The minimum Gasteiger partial charge on any atom is -0.345 e. The van der Waals surface area contributed by atoms with E-state index in [1.807, 2.05) is 47.4 Å². The van der Waals surface area contributed by atoms with E-state index in [0.717, 1.165) is 12.1 Å². The molecular formula is C24H22N2O2S. The van der Waals surface area contributed by atoms with Gasteiger partial charge >= 0.3 is 0 Å². The molecule has 0 saturated carbocycles. The smallest absolute Gasteiger partial charge is 0.251 e. The topological polar surface area (TPSA) is 49.4 Å². The van der Waals surface area contributed by atoms with E-state index in [4.69, 9.17) is 0 Å². The van der Waals surface area contributed by atoms with Crippen LogP contribution >= 0.6 is 11.3 Å². The maximum atomic E-state index is 13.0. The van der Waals surface area contributed by atoms with Crippen molar-refractivity contribution in [1.82, 2.24) is 10.2 Å². The molecular weight excluding hydrogens is 380 g/mol. The lowest BCUT2D eigenvalue weighted by atomic mass is 9.94. The average molecular weight is 403 g/mol. The molecule has 0 bridgehead atoms. The van der Waals surface area contributed by atoms with Gasteiger partial charge in [-0.3, -0.25) is 9.59 Å². The van der Waals surface area contributed by atoms with Gasteiger partial charge in [-0.2, -0.15) is 0 Å². The third kappa shape index (κ3) is 3.15. The summed E-state index contributed by atoms with van der Waals surface area (Å²) in [6.45, 7) is 3.05.